The predicted molar refractivity (Wildman–Crippen MR) is 67.2 cm³/mol. The van der Waals surface area contributed by atoms with Gasteiger partial charge in [-0.3, -0.25) is 4.79 Å². The van der Waals surface area contributed by atoms with E-state index in [1.165, 1.54) is 32.1 Å². The highest BCUT2D eigenvalue weighted by Gasteiger charge is 2.23. The fourth-order valence-electron chi connectivity index (χ4n) is 2.25. The van der Waals surface area contributed by atoms with Crippen molar-refractivity contribution in [2.24, 2.45) is 5.92 Å². The van der Waals surface area contributed by atoms with Crippen LogP contribution in [-0.4, -0.2) is 16.8 Å². The summed E-state index contributed by atoms with van der Waals surface area (Å²) in [6.45, 7) is 4.16. The van der Waals surface area contributed by atoms with Crippen LogP contribution in [0.15, 0.2) is 0 Å². The number of amides is 1. The van der Waals surface area contributed by atoms with Gasteiger partial charge in [0, 0.05) is 6.04 Å². The third-order valence-electron chi connectivity index (χ3n) is 3.37. The van der Waals surface area contributed by atoms with Crippen LogP contribution in [0.1, 0.15) is 52.4 Å². The molecule has 15 heavy (non-hydrogen) atoms. The predicted octanol–water partition coefficient (Wildman–Crippen LogP) is 3.24. The quantitative estimate of drug-likeness (QED) is 0.785. The smallest absolute Gasteiger partial charge is 0.233 e. The molecular formula is C12H22BrNO. The monoisotopic (exact) mass is 275 g/mol. The van der Waals surface area contributed by atoms with Crippen LogP contribution in [0.3, 0.4) is 0 Å². The molecule has 1 aliphatic carbocycles. The SMILES string of the molecule is CCC(Br)C(=O)N[C@H](C)C1CCCCC1. The molecule has 1 N–H and O–H groups in total. The average Bonchev–Trinajstić information content (AvgIpc) is 2.29. The number of carbonyl (C=O) groups excluding carboxylic acids is 1. The Hall–Kier alpha value is -0.0500. The van der Waals surface area contributed by atoms with Crippen LogP contribution in [0.2, 0.25) is 0 Å². The van der Waals surface area contributed by atoms with Crippen LogP contribution >= 0.6 is 15.9 Å². The summed E-state index contributed by atoms with van der Waals surface area (Å²) in [6.07, 6.45) is 7.43. The first-order valence-electron chi connectivity index (χ1n) is 6.09. The van der Waals surface area contributed by atoms with Gasteiger partial charge in [-0.05, 0) is 32.1 Å². The van der Waals surface area contributed by atoms with Crippen molar-refractivity contribution in [2.45, 2.75) is 63.2 Å². The van der Waals surface area contributed by atoms with Crippen LogP contribution in [0, 0.1) is 5.92 Å². The maximum atomic E-state index is 11.7. The number of rotatable bonds is 4. The zero-order valence-corrected chi connectivity index (χ0v) is 11.3. The molecule has 0 aliphatic heterocycles. The molecule has 0 aromatic heterocycles. The second-order valence-corrected chi connectivity index (χ2v) is 5.68. The highest BCUT2D eigenvalue weighted by Crippen LogP contribution is 2.26. The normalized spacial score (nSPS) is 22.1. The average molecular weight is 276 g/mol. The molecule has 2 atom stereocenters. The largest absolute Gasteiger partial charge is 0.352 e. The molecule has 0 aromatic carbocycles. The summed E-state index contributed by atoms with van der Waals surface area (Å²) in [5.74, 6) is 0.842. The lowest BCUT2D eigenvalue weighted by atomic mass is 9.84. The van der Waals surface area contributed by atoms with Crippen molar-refractivity contribution in [3.63, 3.8) is 0 Å². The van der Waals surface area contributed by atoms with Gasteiger partial charge >= 0.3 is 0 Å². The van der Waals surface area contributed by atoms with Crippen molar-refractivity contribution in [2.75, 3.05) is 0 Å². The molecule has 2 nitrogen and oxygen atoms in total. The maximum Gasteiger partial charge on any atom is 0.233 e. The number of alkyl halides is 1. The van der Waals surface area contributed by atoms with Crippen molar-refractivity contribution in [3.8, 4) is 0 Å². The van der Waals surface area contributed by atoms with E-state index in [-0.39, 0.29) is 10.7 Å². The van der Waals surface area contributed by atoms with Crippen LogP contribution in [0.4, 0.5) is 0 Å². The minimum absolute atomic E-state index is 0.0245. The first-order chi connectivity index (χ1) is 7.15. The van der Waals surface area contributed by atoms with Gasteiger partial charge in [0.2, 0.25) is 5.91 Å². The standard InChI is InChI=1S/C12H22BrNO/c1-3-11(13)12(15)14-9(2)10-7-5-4-6-8-10/h9-11H,3-8H2,1-2H3,(H,14,15)/t9-,11?/m1/s1. The van der Waals surface area contributed by atoms with Gasteiger partial charge in [-0.2, -0.15) is 0 Å². The highest BCUT2D eigenvalue weighted by atomic mass is 79.9. The molecule has 0 aromatic rings. The minimum Gasteiger partial charge on any atom is -0.352 e. The number of carbonyl (C=O) groups is 1. The molecule has 0 heterocycles. The number of nitrogens with one attached hydrogen (secondary N) is 1. The van der Waals surface area contributed by atoms with Crippen molar-refractivity contribution in [1.82, 2.24) is 5.32 Å². The third kappa shape index (κ3) is 4.13. The minimum atomic E-state index is -0.0245. The van der Waals surface area contributed by atoms with E-state index < -0.39 is 0 Å². The molecular weight excluding hydrogens is 254 g/mol. The van der Waals surface area contributed by atoms with Gasteiger partial charge in [0.05, 0.1) is 4.83 Å². The Bertz CT molecular complexity index is 202. The summed E-state index contributed by atoms with van der Waals surface area (Å²) in [5, 5.41) is 3.11. The Morgan fingerprint density at radius 2 is 2.00 bits per heavy atom. The van der Waals surface area contributed by atoms with E-state index in [0.717, 1.165) is 6.42 Å². The fourth-order valence-corrected chi connectivity index (χ4v) is 2.38. The molecule has 1 fully saturated rings. The molecule has 1 amide bonds. The summed E-state index contributed by atoms with van der Waals surface area (Å²) < 4.78 is 0. The Labute approximate surface area is 101 Å². The van der Waals surface area contributed by atoms with Crippen molar-refractivity contribution < 1.29 is 4.79 Å². The van der Waals surface area contributed by atoms with Crippen LogP contribution in [-0.2, 0) is 4.79 Å². The van der Waals surface area contributed by atoms with Gasteiger partial charge in [0.25, 0.3) is 0 Å². The van der Waals surface area contributed by atoms with E-state index in [0.29, 0.717) is 12.0 Å². The van der Waals surface area contributed by atoms with Gasteiger partial charge in [0.15, 0.2) is 0 Å². The number of hydrogen-bond acceptors (Lipinski definition) is 1. The molecule has 0 spiro atoms. The summed E-state index contributed by atoms with van der Waals surface area (Å²) in [7, 11) is 0. The second kappa shape index (κ2) is 6.51. The summed E-state index contributed by atoms with van der Waals surface area (Å²) in [6, 6.07) is 0.337. The van der Waals surface area contributed by atoms with Crippen LogP contribution in [0.25, 0.3) is 0 Å². The molecule has 0 bridgehead atoms. The Balaban J connectivity index is 2.33. The molecule has 0 saturated heterocycles. The van der Waals surface area contributed by atoms with Crippen LogP contribution < -0.4 is 5.32 Å². The first-order valence-corrected chi connectivity index (χ1v) is 7.01. The van der Waals surface area contributed by atoms with Gasteiger partial charge in [-0.1, -0.05) is 42.1 Å². The van der Waals surface area contributed by atoms with Crippen molar-refractivity contribution >= 4 is 21.8 Å². The van der Waals surface area contributed by atoms with Gasteiger partial charge in [-0.15, -0.1) is 0 Å². The zero-order chi connectivity index (χ0) is 11.3. The fraction of sp³-hybridized carbons (Fsp3) is 0.917. The highest BCUT2D eigenvalue weighted by molar-refractivity contribution is 9.10. The second-order valence-electron chi connectivity index (χ2n) is 4.57. The Morgan fingerprint density at radius 1 is 1.40 bits per heavy atom. The van der Waals surface area contributed by atoms with Gasteiger partial charge in [-0.25, -0.2) is 0 Å². The summed E-state index contributed by atoms with van der Waals surface area (Å²) >= 11 is 3.38. The molecule has 1 aliphatic rings. The van der Waals surface area contributed by atoms with E-state index in [2.05, 4.69) is 28.2 Å². The van der Waals surface area contributed by atoms with Crippen LogP contribution in [0.5, 0.6) is 0 Å². The van der Waals surface area contributed by atoms with E-state index in [1.807, 2.05) is 6.92 Å². The summed E-state index contributed by atoms with van der Waals surface area (Å²) in [4.78, 5) is 11.6. The Kier molecular flexibility index (Phi) is 5.65. The molecule has 0 radical (unpaired) electrons. The molecule has 3 heteroatoms. The topological polar surface area (TPSA) is 29.1 Å². The summed E-state index contributed by atoms with van der Waals surface area (Å²) in [5.41, 5.74) is 0. The lowest BCUT2D eigenvalue weighted by Gasteiger charge is -2.28. The van der Waals surface area contributed by atoms with E-state index in [1.54, 1.807) is 0 Å². The van der Waals surface area contributed by atoms with Gasteiger partial charge in [0.1, 0.15) is 0 Å². The van der Waals surface area contributed by atoms with Crippen molar-refractivity contribution in [1.29, 1.82) is 0 Å². The van der Waals surface area contributed by atoms with E-state index in [4.69, 9.17) is 0 Å². The lowest BCUT2D eigenvalue weighted by Crippen LogP contribution is -2.42. The van der Waals surface area contributed by atoms with Crippen molar-refractivity contribution in [3.05, 3.63) is 0 Å². The Morgan fingerprint density at radius 3 is 2.53 bits per heavy atom. The lowest BCUT2D eigenvalue weighted by molar-refractivity contribution is -0.121. The zero-order valence-electron chi connectivity index (χ0n) is 9.76. The third-order valence-corrected chi connectivity index (χ3v) is 4.43. The number of halogens is 1. The van der Waals surface area contributed by atoms with E-state index in [9.17, 15) is 4.79 Å². The first kappa shape index (κ1) is 13.0. The molecule has 1 saturated carbocycles. The van der Waals surface area contributed by atoms with E-state index >= 15 is 0 Å². The maximum absolute atomic E-state index is 11.7. The van der Waals surface area contributed by atoms with Gasteiger partial charge < -0.3 is 5.32 Å². The number of hydrogen-bond donors (Lipinski definition) is 1. The molecule has 88 valence electrons. The molecule has 1 unspecified atom stereocenters. The molecule has 1 rings (SSSR count).